The van der Waals surface area contributed by atoms with Crippen molar-refractivity contribution in [2.45, 2.75) is 26.1 Å². The number of benzene rings is 2. The first-order valence-electron chi connectivity index (χ1n) is 10.9. The van der Waals surface area contributed by atoms with Gasteiger partial charge in [0.25, 0.3) is 0 Å². The van der Waals surface area contributed by atoms with Crippen LogP contribution in [0.3, 0.4) is 0 Å². The zero-order valence-corrected chi connectivity index (χ0v) is 22.0. The van der Waals surface area contributed by atoms with Crippen LogP contribution in [0.2, 0.25) is 0 Å². The third-order valence-corrected chi connectivity index (χ3v) is 5.95. The Bertz CT molecular complexity index is 1190. The number of phenolic OH excluding ortho intramolecular Hbond substituents is 1. The molecule has 0 fully saturated rings. The number of carbonyl (C=O) groups excluding carboxylic acids is 2. The minimum atomic E-state index is -1.12. The highest BCUT2D eigenvalue weighted by molar-refractivity contribution is 14.1. The maximum Gasteiger partial charge on any atom is 0.337 e. The molecule has 2 atom stereocenters. The zero-order valence-electron chi connectivity index (χ0n) is 19.9. The number of urea groups is 1. The number of hydrogen-bond acceptors (Lipinski definition) is 9. The van der Waals surface area contributed by atoms with Gasteiger partial charge in [-0.05, 0) is 77.9 Å². The van der Waals surface area contributed by atoms with E-state index in [2.05, 4.69) is 21.2 Å². The first kappa shape index (κ1) is 27.1. The Hall–Kier alpha value is -3.52. The van der Waals surface area contributed by atoms with Crippen molar-refractivity contribution < 1.29 is 34.0 Å². The fourth-order valence-electron chi connectivity index (χ4n) is 3.42. The predicted octanol–water partition coefficient (Wildman–Crippen LogP) is 2.52. The summed E-state index contributed by atoms with van der Waals surface area (Å²) in [5.41, 5.74) is 4.57. The Labute approximate surface area is 221 Å². The number of hydrazone groups is 1. The molecule has 0 bridgehead atoms. The van der Waals surface area contributed by atoms with Crippen molar-refractivity contribution in [1.82, 2.24) is 16.1 Å². The van der Waals surface area contributed by atoms with Crippen LogP contribution in [-0.4, -0.2) is 55.0 Å². The minimum absolute atomic E-state index is 0.139. The zero-order chi connectivity index (χ0) is 26.2. The second-order valence-corrected chi connectivity index (χ2v) is 8.79. The number of amides is 2. The van der Waals surface area contributed by atoms with E-state index in [1.807, 2.05) is 29.5 Å². The van der Waals surface area contributed by atoms with Gasteiger partial charge in [-0.15, -0.1) is 0 Å². The molecule has 11 nitrogen and oxygen atoms in total. The highest BCUT2D eigenvalue weighted by Crippen LogP contribution is 2.34. The largest absolute Gasteiger partial charge is 0.507 e. The molecule has 0 saturated carbocycles. The predicted molar refractivity (Wildman–Crippen MR) is 140 cm³/mol. The van der Waals surface area contributed by atoms with Gasteiger partial charge < -0.3 is 35.1 Å². The van der Waals surface area contributed by atoms with E-state index in [0.717, 1.165) is 5.56 Å². The number of nitrogens with zero attached hydrogens (tertiary/aromatic N) is 1. The molecule has 2 amide bonds. The summed E-state index contributed by atoms with van der Waals surface area (Å²) in [7, 11) is 1.27. The number of halogens is 1. The molecule has 0 aliphatic carbocycles. The summed E-state index contributed by atoms with van der Waals surface area (Å²) in [4.78, 5) is 24.4. The molecule has 0 radical (unpaired) electrons. The van der Waals surface area contributed by atoms with Crippen LogP contribution in [0.15, 0.2) is 52.8 Å². The number of nitrogens with one attached hydrogen (secondary N) is 3. The lowest BCUT2D eigenvalue weighted by Gasteiger charge is -2.28. The van der Waals surface area contributed by atoms with E-state index >= 15 is 0 Å². The van der Waals surface area contributed by atoms with Gasteiger partial charge in [-0.25, -0.2) is 9.59 Å². The fourth-order valence-corrected chi connectivity index (χ4v) is 3.96. The molecule has 192 valence electrons. The molecule has 1 heterocycles. The molecule has 5 N–H and O–H groups in total. The fraction of sp³-hybridized carbons (Fsp3) is 0.292. The molecule has 0 unspecified atom stereocenters. The number of aromatic hydroxyl groups is 1. The van der Waals surface area contributed by atoms with Gasteiger partial charge in [0.2, 0.25) is 0 Å². The number of hydrogen-bond donors (Lipinski definition) is 5. The lowest BCUT2D eigenvalue weighted by atomic mass is 9.95. The number of rotatable bonds is 10. The second kappa shape index (κ2) is 12.4. The van der Waals surface area contributed by atoms with Crippen LogP contribution in [0.25, 0.3) is 0 Å². The third kappa shape index (κ3) is 6.79. The van der Waals surface area contributed by atoms with Crippen molar-refractivity contribution in [3.63, 3.8) is 0 Å². The third-order valence-electron chi connectivity index (χ3n) is 5.08. The highest BCUT2D eigenvalue weighted by Gasteiger charge is 2.32. The first-order valence-corrected chi connectivity index (χ1v) is 12.0. The van der Waals surface area contributed by atoms with Gasteiger partial charge in [0.1, 0.15) is 12.4 Å². The molecule has 1 aliphatic heterocycles. The van der Waals surface area contributed by atoms with Crippen molar-refractivity contribution in [1.29, 1.82) is 0 Å². The maximum absolute atomic E-state index is 12.3. The normalized spacial score (nSPS) is 16.2. The van der Waals surface area contributed by atoms with Crippen molar-refractivity contribution in [3.05, 3.63) is 62.4 Å². The molecule has 0 saturated heterocycles. The van der Waals surface area contributed by atoms with Crippen molar-refractivity contribution >= 4 is 40.8 Å². The molecule has 3 rings (SSSR count). The van der Waals surface area contributed by atoms with E-state index in [-0.39, 0.29) is 17.9 Å². The van der Waals surface area contributed by atoms with Gasteiger partial charge in [0, 0.05) is 5.70 Å². The van der Waals surface area contributed by atoms with Crippen LogP contribution in [0, 0.1) is 3.57 Å². The van der Waals surface area contributed by atoms with E-state index in [1.54, 1.807) is 43.3 Å². The SMILES string of the molecule is CCOc1cc([C@H]2NC(=O)NC(C)=C2C(=O)OC)ccc1OC[C@@H](O)N/N=C\c1ccc(O)c(I)c1. The molecule has 36 heavy (non-hydrogen) atoms. The van der Waals surface area contributed by atoms with Crippen LogP contribution in [0.4, 0.5) is 4.79 Å². The van der Waals surface area contributed by atoms with Crippen molar-refractivity contribution in [2.75, 3.05) is 20.3 Å². The summed E-state index contributed by atoms with van der Waals surface area (Å²) in [5, 5.41) is 29.1. The monoisotopic (exact) mass is 610 g/mol. The van der Waals surface area contributed by atoms with E-state index in [1.165, 1.54) is 13.3 Å². The van der Waals surface area contributed by atoms with Crippen molar-refractivity contribution in [3.8, 4) is 17.2 Å². The molecule has 1 aliphatic rings. The number of allylic oxidation sites excluding steroid dienone is 1. The summed E-state index contributed by atoms with van der Waals surface area (Å²) in [6.07, 6.45) is 0.388. The standard InChI is InChI=1S/C24H27IN4O7/c1-4-35-19-10-15(22-21(23(32)34-3)13(2)27-24(33)28-22)6-8-18(19)36-12-20(31)29-26-11-14-5-7-17(30)16(25)9-14/h5-11,20,22,29-31H,4,12H2,1-3H3,(H2,27,28,33)/b26-11-/t20-,22-/m1/s1. The summed E-state index contributed by atoms with van der Waals surface area (Å²) in [6.45, 7) is 3.63. The van der Waals surface area contributed by atoms with Crippen LogP contribution in [-0.2, 0) is 9.53 Å². The van der Waals surface area contributed by atoms with Crippen molar-refractivity contribution in [2.24, 2.45) is 5.10 Å². The maximum atomic E-state index is 12.3. The lowest BCUT2D eigenvalue weighted by molar-refractivity contribution is -0.136. The quantitative estimate of drug-likeness (QED) is 0.0906. The highest BCUT2D eigenvalue weighted by atomic mass is 127. The molecule has 12 heteroatoms. The van der Waals surface area contributed by atoms with Crippen LogP contribution in [0.5, 0.6) is 17.2 Å². The average molecular weight is 610 g/mol. The summed E-state index contributed by atoms with van der Waals surface area (Å²) < 4.78 is 17.0. The van der Waals surface area contributed by atoms with Crippen LogP contribution >= 0.6 is 22.6 Å². The van der Waals surface area contributed by atoms with Gasteiger partial charge in [-0.2, -0.15) is 5.10 Å². The van der Waals surface area contributed by atoms with Gasteiger partial charge in [0.15, 0.2) is 17.7 Å². The number of ether oxygens (including phenoxy) is 3. The topological polar surface area (TPSA) is 151 Å². The Morgan fingerprint density at radius 2 is 2.03 bits per heavy atom. The van der Waals surface area contributed by atoms with E-state index < -0.39 is 24.3 Å². The molecule has 0 aromatic heterocycles. The molecular weight excluding hydrogens is 583 g/mol. The van der Waals surface area contributed by atoms with Crippen LogP contribution < -0.4 is 25.5 Å². The van der Waals surface area contributed by atoms with Gasteiger partial charge in [0.05, 0.1) is 35.1 Å². The second-order valence-electron chi connectivity index (χ2n) is 7.63. The number of phenols is 1. The summed E-state index contributed by atoms with van der Waals surface area (Å²) in [6, 6.07) is 8.78. The number of aliphatic hydroxyl groups is 1. The molecule has 2 aromatic carbocycles. The number of carbonyl (C=O) groups is 2. The smallest absolute Gasteiger partial charge is 0.337 e. The van der Waals surface area contributed by atoms with E-state index in [9.17, 15) is 19.8 Å². The molecular formula is C24H27IN4O7. The Morgan fingerprint density at radius 3 is 2.72 bits per heavy atom. The minimum Gasteiger partial charge on any atom is -0.507 e. The number of methoxy groups -OCH3 is 1. The van der Waals surface area contributed by atoms with E-state index in [0.29, 0.717) is 32.9 Å². The Morgan fingerprint density at radius 1 is 1.25 bits per heavy atom. The number of esters is 1. The summed E-state index contributed by atoms with van der Waals surface area (Å²) >= 11 is 2.01. The Kier molecular flexibility index (Phi) is 9.36. The first-order chi connectivity index (χ1) is 17.2. The summed E-state index contributed by atoms with van der Waals surface area (Å²) in [5.74, 6) is 0.346. The van der Waals surface area contributed by atoms with Crippen LogP contribution in [0.1, 0.15) is 31.0 Å². The van der Waals surface area contributed by atoms with Gasteiger partial charge in [-0.1, -0.05) is 6.07 Å². The van der Waals surface area contributed by atoms with E-state index in [4.69, 9.17) is 14.2 Å². The lowest BCUT2D eigenvalue weighted by Crippen LogP contribution is -2.45. The average Bonchev–Trinajstić information content (AvgIpc) is 2.84. The van der Waals surface area contributed by atoms with Gasteiger partial charge in [-0.3, -0.25) is 5.43 Å². The molecule has 0 spiro atoms. The Balaban J connectivity index is 1.70. The number of aliphatic hydroxyl groups excluding tert-OH is 1. The molecule has 2 aromatic rings. The van der Waals surface area contributed by atoms with Gasteiger partial charge >= 0.3 is 12.0 Å².